The molecule has 0 aliphatic carbocycles. The lowest BCUT2D eigenvalue weighted by atomic mass is 11.8. The fraction of sp³-hybridized carbons (Fsp3) is 1.00. The lowest BCUT2D eigenvalue weighted by Gasteiger charge is -2.43. The summed E-state index contributed by atoms with van der Waals surface area (Å²) in [6.45, 7) is 28.8. The van der Waals surface area contributed by atoms with Crippen LogP contribution in [0, 0.1) is 0 Å². The Morgan fingerprint density at radius 3 is 0.714 bits per heavy atom. The second-order valence-corrected chi connectivity index (χ2v) is 32.6. The highest BCUT2D eigenvalue weighted by molar-refractivity contribution is 7.01. The SMILES string of the molecule is C[Si](C)(C)N[Si](C)(C)N[Si](C)(C)N[Si](C)(C)N[Si](C)(C)C. The molecule has 128 valence electrons. The molecule has 0 aromatic heterocycles. The molecule has 0 fully saturated rings. The molecule has 4 N–H and O–H groups in total. The van der Waals surface area contributed by atoms with Crippen LogP contribution >= 0.6 is 0 Å². The van der Waals surface area contributed by atoms with Crippen LogP contribution in [0.4, 0.5) is 0 Å². The minimum Gasteiger partial charge on any atom is -0.348 e. The smallest absolute Gasteiger partial charge is 0.183 e. The average Bonchev–Trinajstić information content (AvgIpc) is 1.83. The van der Waals surface area contributed by atoms with Crippen molar-refractivity contribution in [3.63, 3.8) is 0 Å². The molecule has 0 bridgehead atoms. The molecule has 0 heterocycles. The Labute approximate surface area is 138 Å². The van der Waals surface area contributed by atoms with Crippen molar-refractivity contribution < 1.29 is 0 Å². The van der Waals surface area contributed by atoms with E-state index in [1.165, 1.54) is 0 Å². The lowest BCUT2D eigenvalue weighted by Crippen LogP contribution is -2.80. The predicted octanol–water partition coefficient (Wildman–Crippen LogP) is 3.12. The first-order valence-corrected chi connectivity index (χ1v) is 24.0. The highest BCUT2D eigenvalue weighted by atomic mass is 28.5. The third kappa shape index (κ3) is 12.1. The number of hydrogen-bond donors (Lipinski definition) is 4. The molecule has 0 aliphatic heterocycles. The Bertz CT molecular complexity index is 313. The van der Waals surface area contributed by atoms with E-state index in [0.717, 1.165) is 0 Å². The minimum absolute atomic E-state index is 1.24. The van der Waals surface area contributed by atoms with Gasteiger partial charge in [0.1, 0.15) is 16.5 Å². The monoisotopic (exact) mass is 380 g/mol. The zero-order valence-corrected chi connectivity index (χ0v) is 21.5. The van der Waals surface area contributed by atoms with Gasteiger partial charge >= 0.3 is 0 Å². The van der Waals surface area contributed by atoms with E-state index >= 15 is 0 Å². The summed E-state index contributed by atoms with van der Waals surface area (Å²) in [6, 6.07) is 0. The molecule has 0 aromatic carbocycles. The molecule has 0 spiro atoms. The van der Waals surface area contributed by atoms with Crippen molar-refractivity contribution in [2.24, 2.45) is 0 Å². The van der Waals surface area contributed by atoms with Gasteiger partial charge in [0, 0.05) is 0 Å². The van der Waals surface area contributed by atoms with Gasteiger partial charge in [0.25, 0.3) is 0 Å². The van der Waals surface area contributed by atoms with Crippen molar-refractivity contribution in [1.29, 1.82) is 0 Å². The second-order valence-electron chi connectivity index (χ2n) is 9.88. The fourth-order valence-corrected chi connectivity index (χ4v) is 33.5. The van der Waals surface area contributed by atoms with Crippen molar-refractivity contribution in [3.05, 3.63) is 0 Å². The molecule has 0 rings (SSSR count). The van der Waals surface area contributed by atoms with Crippen LogP contribution in [-0.2, 0) is 0 Å². The topological polar surface area (TPSA) is 48.1 Å². The fourth-order valence-electron chi connectivity index (χ4n) is 3.53. The summed E-state index contributed by atoms with van der Waals surface area (Å²) in [6.07, 6.45) is 0. The van der Waals surface area contributed by atoms with Gasteiger partial charge in [-0.15, -0.1) is 0 Å². The van der Waals surface area contributed by atoms with E-state index in [4.69, 9.17) is 0 Å². The summed E-state index contributed by atoms with van der Waals surface area (Å²) in [7, 11) is -7.25. The molecule has 0 aromatic rings. The van der Waals surface area contributed by atoms with Crippen LogP contribution in [0.2, 0.25) is 78.6 Å². The molecule has 0 amide bonds. The molecular weight excluding hydrogens is 341 g/mol. The van der Waals surface area contributed by atoms with Gasteiger partial charge in [-0.3, -0.25) is 0 Å². The molecule has 0 atom stereocenters. The predicted molar refractivity (Wildman–Crippen MR) is 112 cm³/mol. The molecule has 0 saturated carbocycles. The second kappa shape index (κ2) is 6.81. The molecule has 0 saturated heterocycles. The van der Waals surface area contributed by atoms with Gasteiger partial charge in [-0.1, -0.05) is 39.3 Å². The van der Waals surface area contributed by atoms with Crippen LogP contribution in [0.3, 0.4) is 0 Å². The van der Waals surface area contributed by atoms with Gasteiger partial charge in [0.05, 0.1) is 0 Å². The average molecular weight is 381 g/mol. The molecule has 4 nitrogen and oxygen atoms in total. The molecular formula is C12H40N4Si5. The zero-order chi connectivity index (χ0) is 17.3. The van der Waals surface area contributed by atoms with Gasteiger partial charge < -0.3 is 18.6 Å². The Morgan fingerprint density at radius 1 is 0.333 bits per heavy atom. The molecule has 9 heteroatoms. The first-order chi connectivity index (χ1) is 8.83. The summed E-state index contributed by atoms with van der Waals surface area (Å²) in [4.78, 5) is 0. The highest BCUT2D eigenvalue weighted by Crippen LogP contribution is 2.09. The van der Waals surface area contributed by atoms with Crippen molar-refractivity contribution in [3.8, 4) is 0 Å². The van der Waals surface area contributed by atoms with E-state index in [2.05, 4.69) is 97.2 Å². The van der Waals surface area contributed by atoms with E-state index in [-0.39, 0.29) is 0 Å². The van der Waals surface area contributed by atoms with Crippen LogP contribution in [-0.4, -0.2) is 41.7 Å². The van der Waals surface area contributed by atoms with E-state index in [0.29, 0.717) is 0 Å². The Kier molecular flexibility index (Phi) is 7.11. The van der Waals surface area contributed by atoms with Crippen LogP contribution in [0.15, 0.2) is 0 Å². The Hall–Kier alpha value is 0.924. The first-order valence-electron chi connectivity index (χ1n) is 8.00. The maximum atomic E-state index is 4.03. The molecule has 0 radical (unpaired) electrons. The Balaban J connectivity index is 4.83. The zero-order valence-electron chi connectivity index (χ0n) is 16.5. The van der Waals surface area contributed by atoms with Gasteiger partial charge in [-0.25, -0.2) is 0 Å². The molecule has 21 heavy (non-hydrogen) atoms. The maximum Gasteiger partial charge on any atom is 0.183 e. The molecule has 0 unspecified atom stereocenters. The van der Waals surface area contributed by atoms with Crippen molar-refractivity contribution >= 4 is 41.7 Å². The lowest BCUT2D eigenvalue weighted by molar-refractivity contribution is 1.10. The largest absolute Gasteiger partial charge is 0.348 e. The third-order valence-corrected chi connectivity index (χ3v) is 23.6. The van der Waals surface area contributed by atoms with Gasteiger partial charge in [0.2, 0.25) is 0 Å². The highest BCUT2D eigenvalue weighted by Gasteiger charge is 2.39. The standard InChI is InChI=1S/C12H40N4Si5/c1-17(2,3)13-19(7,8)15-21(11,12)16-20(9,10)14-18(4,5)6/h13-16H,1-12H3. The van der Waals surface area contributed by atoms with E-state index in [1.807, 2.05) is 0 Å². The minimum atomic E-state index is -1.63. The number of nitrogens with one attached hydrogen (secondary N) is 4. The van der Waals surface area contributed by atoms with Crippen LogP contribution in [0.25, 0.3) is 0 Å². The summed E-state index contributed by atoms with van der Waals surface area (Å²) in [5.74, 6) is 0. The summed E-state index contributed by atoms with van der Waals surface area (Å²) in [5.41, 5.74) is 0. The quantitative estimate of drug-likeness (QED) is 0.489. The van der Waals surface area contributed by atoms with E-state index in [9.17, 15) is 0 Å². The summed E-state index contributed by atoms with van der Waals surface area (Å²) in [5, 5.41) is 0. The third-order valence-electron chi connectivity index (χ3n) is 2.62. The summed E-state index contributed by atoms with van der Waals surface area (Å²) < 4.78 is 16.0. The van der Waals surface area contributed by atoms with Crippen LogP contribution < -0.4 is 18.6 Å². The van der Waals surface area contributed by atoms with Crippen molar-refractivity contribution in [2.75, 3.05) is 0 Å². The van der Waals surface area contributed by atoms with Gasteiger partial charge in [-0.05, 0) is 39.3 Å². The van der Waals surface area contributed by atoms with E-state index < -0.39 is 41.7 Å². The van der Waals surface area contributed by atoms with Crippen LogP contribution in [0.1, 0.15) is 0 Å². The number of hydrogen-bond acceptors (Lipinski definition) is 4. The normalized spacial score (nSPS) is 15.4. The summed E-state index contributed by atoms with van der Waals surface area (Å²) >= 11 is 0. The number of rotatable bonds is 8. The molecule has 0 aliphatic rings. The van der Waals surface area contributed by atoms with Gasteiger partial charge in [0.15, 0.2) is 25.2 Å². The van der Waals surface area contributed by atoms with E-state index in [1.54, 1.807) is 0 Å². The van der Waals surface area contributed by atoms with Crippen molar-refractivity contribution in [2.45, 2.75) is 78.6 Å². The van der Waals surface area contributed by atoms with Gasteiger partial charge in [-0.2, -0.15) is 0 Å². The van der Waals surface area contributed by atoms with Crippen molar-refractivity contribution in [1.82, 2.24) is 18.6 Å². The Morgan fingerprint density at radius 2 is 0.524 bits per heavy atom. The first kappa shape index (κ1) is 21.9. The maximum absolute atomic E-state index is 4.03. The van der Waals surface area contributed by atoms with Crippen LogP contribution in [0.5, 0.6) is 0 Å².